The van der Waals surface area contributed by atoms with Crippen molar-refractivity contribution < 1.29 is 13.2 Å². The molecule has 1 atom stereocenters. The molecule has 1 aromatic carbocycles. The fraction of sp³-hybridized carbons (Fsp3) is 0.533. The van der Waals surface area contributed by atoms with Crippen molar-refractivity contribution >= 4 is 21.7 Å². The van der Waals surface area contributed by atoms with Gasteiger partial charge in [-0.2, -0.15) is 4.31 Å². The zero-order valence-electron chi connectivity index (χ0n) is 13.6. The van der Waals surface area contributed by atoms with Crippen LogP contribution in [0.15, 0.2) is 23.1 Å². The van der Waals surface area contributed by atoms with Crippen LogP contribution in [-0.4, -0.2) is 70.0 Å². The highest BCUT2D eigenvalue weighted by Gasteiger charge is 2.39. The molecule has 126 valence electrons. The Balaban J connectivity index is 1.87. The van der Waals surface area contributed by atoms with Gasteiger partial charge in [-0.05, 0) is 24.6 Å². The average molecular weight is 338 g/mol. The second-order valence-corrected chi connectivity index (χ2v) is 8.18. The average Bonchev–Trinajstić information content (AvgIpc) is 2.88. The summed E-state index contributed by atoms with van der Waals surface area (Å²) in [5.74, 6) is 0. The predicted octanol–water partition coefficient (Wildman–Crippen LogP) is 0.459. The van der Waals surface area contributed by atoms with Gasteiger partial charge < -0.3 is 15.1 Å². The number of hydrogen-bond donors (Lipinski definition) is 1. The van der Waals surface area contributed by atoms with Crippen LogP contribution in [0.25, 0.3) is 0 Å². The van der Waals surface area contributed by atoms with E-state index in [1.807, 2.05) is 32.0 Å². The zero-order valence-corrected chi connectivity index (χ0v) is 14.4. The van der Waals surface area contributed by atoms with Crippen LogP contribution in [0.4, 0.5) is 10.5 Å². The lowest BCUT2D eigenvalue weighted by atomic mass is 10.2. The molecule has 0 radical (unpaired) electrons. The van der Waals surface area contributed by atoms with Crippen molar-refractivity contribution in [3.05, 3.63) is 23.8 Å². The van der Waals surface area contributed by atoms with Crippen LogP contribution >= 0.6 is 0 Å². The highest BCUT2D eigenvalue weighted by molar-refractivity contribution is 7.89. The first-order chi connectivity index (χ1) is 10.8. The van der Waals surface area contributed by atoms with Crippen LogP contribution < -0.4 is 10.2 Å². The molecule has 0 saturated carbocycles. The quantitative estimate of drug-likeness (QED) is 0.869. The third kappa shape index (κ3) is 2.76. The number of rotatable bonds is 3. The molecule has 1 aromatic rings. The van der Waals surface area contributed by atoms with Crippen LogP contribution in [0.3, 0.4) is 0 Å². The summed E-state index contributed by atoms with van der Waals surface area (Å²) >= 11 is 0. The number of aryl methyl sites for hydroxylation is 1. The fourth-order valence-corrected chi connectivity index (χ4v) is 4.66. The molecule has 2 aliphatic heterocycles. The topological polar surface area (TPSA) is 73.0 Å². The second-order valence-electron chi connectivity index (χ2n) is 6.24. The maximum absolute atomic E-state index is 12.9. The lowest BCUT2D eigenvalue weighted by Crippen LogP contribution is -2.53. The largest absolute Gasteiger partial charge is 0.377 e. The Morgan fingerprint density at radius 2 is 2.00 bits per heavy atom. The van der Waals surface area contributed by atoms with Crippen molar-refractivity contribution in [1.82, 2.24) is 14.5 Å². The summed E-state index contributed by atoms with van der Waals surface area (Å²) in [4.78, 5) is 15.6. The van der Waals surface area contributed by atoms with Crippen molar-refractivity contribution in [2.45, 2.75) is 17.9 Å². The molecule has 7 nitrogen and oxygen atoms in total. The van der Waals surface area contributed by atoms with E-state index in [0.29, 0.717) is 31.1 Å². The van der Waals surface area contributed by atoms with Gasteiger partial charge in [-0.15, -0.1) is 0 Å². The lowest BCUT2D eigenvalue weighted by molar-refractivity contribution is 0.164. The monoisotopic (exact) mass is 338 g/mol. The lowest BCUT2D eigenvalue weighted by Gasteiger charge is -2.35. The van der Waals surface area contributed by atoms with Gasteiger partial charge in [0.2, 0.25) is 10.0 Å². The smallest absolute Gasteiger partial charge is 0.317 e. The van der Waals surface area contributed by atoms with E-state index in [9.17, 15) is 13.2 Å². The third-order valence-corrected chi connectivity index (χ3v) is 6.36. The van der Waals surface area contributed by atoms with Crippen molar-refractivity contribution in [2.24, 2.45) is 0 Å². The van der Waals surface area contributed by atoms with Gasteiger partial charge in [0.05, 0.1) is 10.9 Å². The summed E-state index contributed by atoms with van der Waals surface area (Å²) in [5, 5.41) is 2.76. The van der Waals surface area contributed by atoms with Crippen LogP contribution in [0.1, 0.15) is 5.56 Å². The van der Waals surface area contributed by atoms with E-state index in [4.69, 9.17) is 0 Å². The number of carbonyl (C=O) groups is 1. The van der Waals surface area contributed by atoms with E-state index in [-0.39, 0.29) is 12.1 Å². The Labute approximate surface area is 136 Å². The zero-order chi connectivity index (χ0) is 16.8. The predicted molar refractivity (Wildman–Crippen MR) is 88.2 cm³/mol. The van der Waals surface area contributed by atoms with E-state index in [1.54, 1.807) is 17.0 Å². The van der Waals surface area contributed by atoms with Gasteiger partial charge in [-0.25, -0.2) is 13.2 Å². The molecule has 2 fully saturated rings. The Hall–Kier alpha value is -1.80. The van der Waals surface area contributed by atoms with E-state index in [0.717, 1.165) is 11.3 Å². The highest BCUT2D eigenvalue weighted by Crippen LogP contribution is 2.26. The number of anilines is 1. The fourth-order valence-electron chi connectivity index (χ4n) is 3.17. The van der Waals surface area contributed by atoms with Crippen LogP contribution in [0, 0.1) is 6.92 Å². The molecule has 0 aliphatic carbocycles. The van der Waals surface area contributed by atoms with Gasteiger partial charge in [0.25, 0.3) is 0 Å². The van der Waals surface area contributed by atoms with Crippen molar-refractivity contribution in [3.8, 4) is 0 Å². The SMILES string of the molecule is Cc1ccc(S(=O)(=O)N2CCN3C(=O)NCC3C2)cc1N(C)C. The number of nitrogens with one attached hydrogen (secondary N) is 1. The van der Waals surface area contributed by atoms with E-state index >= 15 is 0 Å². The summed E-state index contributed by atoms with van der Waals surface area (Å²) < 4.78 is 27.3. The van der Waals surface area contributed by atoms with Gasteiger partial charge in [-0.3, -0.25) is 0 Å². The molecule has 3 rings (SSSR count). The van der Waals surface area contributed by atoms with Crippen LogP contribution in [0.2, 0.25) is 0 Å². The van der Waals surface area contributed by atoms with Gasteiger partial charge in [0, 0.05) is 46.0 Å². The maximum atomic E-state index is 12.9. The van der Waals surface area contributed by atoms with Gasteiger partial charge in [0.15, 0.2) is 0 Å². The molecular formula is C15H22N4O3S. The maximum Gasteiger partial charge on any atom is 0.317 e. The number of piperazine rings is 1. The number of sulfonamides is 1. The minimum Gasteiger partial charge on any atom is -0.377 e. The number of hydrogen-bond acceptors (Lipinski definition) is 4. The Bertz CT molecular complexity index is 732. The van der Waals surface area contributed by atoms with E-state index in [2.05, 4.69) is 5.32 Å². The number of amides is 2. The molecule has 0 bridgehead atoms. The Morgan fingerprint density at radius 1 is 1.26 bits per heavy atom. The molecular weight excluding hydrogens is 316 g/mol. The minimum absolute atomic E-state index is 0.0789. The van der Waals surface area contributed by atoms with Gasteiger partial charge in [-0.1, -0.05) is 6.07 Å². The molecule has 2 heterocycles. The van der Waals surface area contributed by atoms with Crippen LogP contribution in [0.5, 0.6) is 0 Å². The van der Waals surface area contributed by atoms with E-state index in [1.165, 1.54) is 4.31 Å². The van der Waals surface area contributed by atoms with Gasteiger partial charge in [0.1, 0.15) is 0 Å². The number of benzene rings is 1. The second kappa shape index (κ2) is 5.68. The van der Waals surface area contributed by atoms with Gasteiger partial charge >= 0.3 is 6.03 Å². The first kappa shape index (κ1) is 16.1. The number of nitrogens with zero attached hydrogens (tertiary/aromatic N) is 3. The molecule has 0 aromatic heterocycles. The molecule has 2 amide bonds. The van der Waals surface area contributed by atoms with E-state index < -0.39 is 10.0 Å². The molecule has 1 N–H and O–H groups in total. The Morgan fingerprint density at radius 3 is 2.70 bits per heavy atom. The molecule has 8 heteroatoms. The van der Waals surface area contributed by atoms with Crippen molar-refractivity contribution in [3.63, 3.8) is 0 Å². The molecule has 2 aliphatic rings. The van der Waals surface area contributed by atoms with Crippen molar-refractivity contribution in [1.29, 1.82) is 0 Å². The molecule has 2 saturated heterocycles. The normalized spacial score (nSPS) is 22.0. The summed E-state index contributed by atoms with van der Waals surface area (Å²) in [7, 11) is 0.242. The highest BCUT2D eigenvalue weighted by atomic mass is 32.2. The van der Waals surface area contributed by atoms with Crippen molar-refractivity contribution in [2.75, 3.05) is 45.2 Å². The molecule has 23 heavy (non-hydrogen) atoms. The minimum atomic E-state index is -3.55. The summed E-state index contributed by atoms with van der Waals surface area (Å²) in [6.07, 6.45) is 0. The number of urea groups is 1. The first-order valence-corrected chi connectivity index (χ1v) is 9.07. The van der Waals surface area contributed by atoms with Crippen LogP contribution in [-0.2, 0) is 10.0 Å². The molecule has 1 unspecified atom stereocenters. The number of fused-ring (bicyclic) bond motifs is 1. The summed E-state index contributed by atoms with van der Waals surface area (Å²) in [6.45, 7) is 3.56. The first-order valence-electron chi connectivity index (χ1n) is 7.63. The summed E-state index contributed by atoms with van der Waals surface area (Å²) in [5.41, 5.74) is 1.92. The third-order valence-electron chi connectivity index (χ3n) is 4.50. The molecule has 0 spiro atoms. The Kier molecular flexibility index (Phi) is 3.97. The summed E-state index contributed by atoms with van der Waals surface area (Å²) in [6, 6.07) is 5.03. The number of carbonyl (C=O) groups excluding carboxylic acids is 1. The standard InChI is InChI=1S/C15H22N4O3S/c1-11-4-5-13(8-14(11)17(2)3)23(21,22)18-6-7-19-12(10-18)9-16-15(19)20/h4-5,8,12H,6-7,9-10H2,1-3H3,(H,16,20).